The first-order chi connectivity index (χ1) is 4.83. The maximum atomic E-state index is 5.86. The van der Waals surface area contributed by atoms with Gasteiger partial charge in [0.1, 0.15) is 0 Å². The van der Waals surface area contributed by atoms with Crippen molar-refractivity contribution in [3.63, 3.8) is 0 Å². The third kappa shape index (κ3) is 3.21. The molecule has 10 heavy (non-hydrogen) atoms. The van der Waals surface area contributed by atoms with Crippen molar-refractivity contribution in [2.45, 2.75) is 51.5 Å². The van der Waals surface area contributed by atoms with Gasteiger partial charge in [0, 0.05) is 6.04 Å². The van der Waals surface area contributed by atoms with E-state index >= 15 is 0 Å². The molecular formula is C9H19N. The zero-order valence-corrected chi connectivity index (χ0v) is 6.97. The molecule has 1 fully saturated rings. The van der Waals surface area contributed by atoms with Crippen molar-refractivity contribution in [3.05, 3.63) is 0 Å². The van der Waals surface area contributed by atoms with Gasteiger partial charge in [0.2, 0.25) is 0 Å². The van der Waals surface area contributed by atoms with E-state index in [-0.39, 0.29) is 0 Å². The van der Waals surface area contributed by atoms with Crippen LogP contribution in [-0.2, 0) is 0 Å². The Balaban J connectivity index is 1.89. The molecule has 1 atom stereocenters. The molecule has 0 aromatic heterocycles. The molecule has 1 saturated carbocycles. The highest BCUT2D eigenvalue weighted by Crippen LogP contribution is 2.33. The molecule has 0 heterocycles. The van der Waals surface area contributed by atoms with Crippen LogP contribution in [0.5, 0.6) is 0 Å². The van der Waals surface area contributed by atoms with Crippen LogP contribution in [0.25, 0.3) is 0 Å². The van der Waals surface area contributed by atoms with E-state index in [2.05, 4.69) is 6.92 Å². The first kappa shape index (κ1) is 8.06. The van der Waals surface area contributed by atoms with Crippen molar-refractivity contribution in [2.24, 2.45) is 11.7 Å². The van der Waals surface area contributed by atoms with Crippen LogP contribution >= 0.6 is 0 Å². The molecule has 0 aromatic rings. The van der Waals surface area contributed by atoms with E-state index in [4.69, 9.17) is 5.73 Å². The number of hydrogen-bond donors (Lipinski definition) is 1. The van der Waals surface area contributed by atoms with Gasteiger partial charge in [-0.1, -0.05) is 26.2 Å². The van der Waals surface area contributed by atoms with Crippen LogP contribution in [-0.4, -0.2) is 6.04 Å². The van der Waals surface area contributed by atoms with Crippen molar-refractivity contribution in [2.75, 3.05) is 0 Å². The molecule has 1 heteroatoms. The highest BCUT2D eigenvalue weighted by Gasteiger charge is 2.21. The third-order valence-corrected chi connectivity index (χ3v) is 2.30. The van der Waals surface area contributed by atoms with Crippen molar-refractivity contribution < 1.29 is 0 Å². The molecule has 0 aromatic carbocycles. The minimum atomic E-state index is 0.491. The molecular weight excluding hydrogens is 122 g/mol. The van der Waals surface area contributed by atoms with Crippen molar-refractivity contribution >= 4 is 0 Å². The van der Waals surface area contributed by atoms with Gasteiger partial charge in [0.25, 0.3) is 0 Å². The zero-order valence-electron chi connectivity index (χ0n) is 6.97. The van der Waals surface area contributed by atoms with Crippen LogP contribution in [0.2, 0.25) is 0 Å². The lowest BCUT2D eigenvalue weighted by atomic mass is 10.1. The predicted octanol–water partition coefficient (Wildman–Crippen LogP) is 2.30. The zero-order chi connectivity index (χ0) is 7.40. The Morgan fingerprint density at radius 3 is 2.60 bits per heavy atom. The highest BCUT2D eigenvalue weighted by molar-refractivity contribution is 4.75. The minimum Gasteiger partial charge on any atom is -0.328 e. The molecule has 0 amide bonds. The molecule has 60 valence electrons. The standard InChI is InChI=1S/C9H19N/c1-2-3-9(10)7-6-8-4-5-8/h8-9H,2-7,10H2,1H3. The molecule has 0 saturated heterocycles. The SMILES string of the molecule is CCCC(N)CCC1CC1. The van der Waals surface area contributed by atoms with Crippen molar-refractivity contribution in [3.8, 4) is 0 Å². The monoisotopic (exact) mass is 141 g/mol. The Kier molecular flexibility index (Phi) is 3.20. The number of hydrogen-bond acceptors (Lipinski definition) is 1. The summed E-state index contributed by atoms with van der Waals surface area (Å²) in [5, 5.41) is 0. The van der Waals surface area contributed by atoms with Crippen LogP contribution in [0.15, 0.2) is 0 Å². The van der Waals surface area contributed by atoms with Crippen LogP contribution in [0.3, 0.4) is 0 Å². The van der Waals surface area contributed by atoms with E-state index in [0.717, 1.165) is 5.92 Å². The minimum absolute atomic E-state index is 0.491. The van der Waals surface area contributed by atoms with Crippen molar-refractivity contribution in [1.82, 2.24) is 0 Å². The normalized spacial score (nSPS) is 21.0. The molecule has 1 aliphatic rings. The first-order valence-electron chi connectivity index (χ1n) is 4.58. The second kappa shape index (κ2) is 3.97. The van der Waals surface area contributed by atoms with E-state index in [9.17, 15) is 0 Å². The molecule has 1 unspecified atom stereocenters. The summed E-state index contributed by atoms with van der Waals surface area (Å²) in [4.78, 5) is 0. The predicted molar refractivity (Wildman–Crippen MR) is 44.8 cm³/mol. The second-order valence-corrected chi connectivity index (χ2v) is 3.57. The molecule has 0 radical (unpaired) electrons. The lowest BCUT2D eigenvalue weighted by Crippen LogP contribution is -2.19. The Hall–Kier alpha value is -0.0400. The Morgan fingerprint density at radius 1 is 1.40 bits per heavy atom. The highest BCUT2D eigenvalue weighted by atomic mass is 14.6. The Bertz CT molecular complexity index is 86.7. The summed E-state index contributed by atoms with van der Waals surface area (Å²) in [6.45, 7) is 2.21. The summed E-state index contributed by atoms with van der Waals surface area (Å²) in [5.74, 6) is 1.06. The summed E-state index contributed by atoms with van der Waals surface area (Å²) >= 11 is 0. The van der Waals surface area contributed by atoms with Gasteiger partial charge in [-0.2, -0.15) is 0 Å². The summed E-state index contributed by atoms with van der Waals surface area (Å²) < 4.78 is 0. The maximum Gasteiger partial charge on any atom is 0.00388 e. The summed E-state index contributed by atoms with van der Waals surface area (Å²) in [7, 11) is 0. The topological polar surface area (TPSA) is 26.0 Å². The summed E-state index contributed by atoms with van der Waals surface area (Å²) in [6, 6.07) is 0.491. The maximum absolute atomic E-state index is 5.86. The summed E-state index contributed by atoms with van der Waals surface area (Å²) in [6.07, 6.45) is 8.05. The van der Waals surface area contributed by atoms with E-state index < -0.39 is 0 Å². The fraction of sp³-hybridized carbons (Fsp3) is 1.00. The van der Waals surface area contributed by atoms with Gasteiger partial charge in [-0.3, -0.25) is 0 Å². The molecule has 0 aliphatic heterocycles. The van der Waals surface area contributed by atoms with Crippen molar-refractivity contribution in [1.29, 1.82) is 0 Å². The van der Waals surface area contributed by atoms with Gasteiger partial charge in [-0.15, -0.1) is 0 Å². The lowest BCUT2D eigenvalue weighted by molar-refractivity contribution is 0.519. The van der Waals surface area contributed by atoms with Gasteiger partial charge in [-0.05, 0) is 25.2 Å². The van der Waals surface area contributed by atoms with Gasteiger partial charge in [0.15, 0.2) is 0 Å². The first-order valence-corrected chi connectivity index (χ1v) is 4.58. The number of rotatable bonds is 5. The van der Waals surface area contributed by atoms with Crippen LogP contribution < -0.4 is 5.73 Å². The van der Waals surface area contributed by atoms with Gasteiger partial charge >= 0.3 is 0 Å². The lowest BCUT2D eigenvalue weighted by Gasteiger charge is -2.08. The van der Waals surface area contributed by atoms with Gasteiger partial charge in [0.05, 0.1) is 0 Å². The van der Waals surface area contributed by atoms with E-state index in [1.807, 2.05) is 0 Å². The quantitative estimate of drug-likeness (QED) is 0.624. The molecule has 0 spiro atoms. The Morgan fingerprint density at radius 2 is 2.10 bits per heavy atom. The van der Waals surface area contributed by atoms with E-state index in [1.165, 1.54) is 38.5 Å². The van der Waals surface area contributed by atoms with Crippen LogP contribution in [0, 0.1) is 5.92 Å². The molecule has 1 rings (SSSR count). The van der Waals surface area contributed by atoms with Crippen LogP contribution in [0.4, 0.5) is 0 Å². The number of nitrogens with two attached hydrogens (primary N) is 1. The Labute approximate surface area is 64.0 Å². The second-order valence-electron chi connectivity index (χ2n) is 3.57. The van der Waals surface area contributed by atoms with E-state index in [0.29, 0.717) is 6.04 Å². The summed E-state index contributed by atoms with van der Waals surface area (Å²) in [5.41, 5.74) is 5.86. The van der Waals surface area contributed by atoms with Gasteiger partial charge in [-0.25, -0.2) is 0 Å². The fourth-order valence-electron chi connectivity index (χ4n) is 1.37. The largest absolute Gasteiger partial charge is 0.328 e. The molecule has 2 N–H and O–H groups in total. The average molecular weight is 141 g/mol. The molecule has 1 aliphatic carbocycles. The third-order valence-electron chi connectivity index (χ3n) is 2.30. The average Bonchev–Trinajstić information content (AvgIpc) is 2.67. The van der Waals surface area contributed by atoms with Gasteiger partial charge < -0.3 is 5.73 Å². The smallest absolute Gasteiger partial charge is 0.00388 e. The van der Waals surface area contributed by atoms with Crippen LogP contribution in [0.1, 0.15) is 45.4 Å². The molecule has 1 nitrogen and oxygen atoms in total. The van der Waals surface area contributed by atoms with E-state index in [1.54, 1.807) is 0 Å². The molecule has 0 bridgehead atoms. The fourth-order valence-corrected chi connectivity index (χ4v) is 1.37.